The van der Waals surface area contributed by atoms with Crippen molar-refractivity contribution in [2.24, 2.45) is 0 Å². The van der Waals surface area contributed by atoms with Crippen LogP contribution in [0.5, 0.6) is 0 Å². The van der Waals surface area contributed by atoms with Gasteiger partial charge in [0.1, 0.15) is 0 Å². The van der Waals surface area contributed by atoms with E-state index < -0.39 is 0 Å². The first kappa shape index (κ1) is 14.2. The van der Waals surface area contributed by atoms with Gasteiger partial charge in [0.2, 0.25) is 0 Å². The molecule has 17 heavy (non-hydrogen) atoms. The van der Waals surface area contributed by atoms with E-state index in [1.165, 1.54) is 37.7 Å². The zero-order chi connectivity index (χ0) is 12.5. The standard InChI is InChI=1S/C14H27N3/c1-4-6-8-14(7-5-2)15-9-10-17-12-13(3)11-16-17/h11-12,14-15H,4-10H2,1-3H3. The zero-order valence-electron chi connectivity index (χ0n) is 11.6. The fourth-order valence-electron chi connectivity index (χ4n) is 2.12. The molecule has 1 rings (SSSR count). The average molecular weight is 237 g/mol. The van der Waals surface area contributed by atoms with Crippen LogP contribution in [0.4, 0.5) is 0 Å². The first-order chi connectivity index (χ1) is 8.26. The van der Waals surface area contributed by atoms with Crippen LogP contribution in [0.1, 0.15) is 51.5 Å². The largest absolute Gasteiger partial charge is 0.312 e. The molecule has 0 saturated heterocycles. The lowest BCUT2D eigenvalue weighted by Crippen LogP contribution is -2.31. The number of nitrogens with one attached hydrogen (secondary N) is 1. The van der Waals surface area contributed by atoms with Crippen LogP contribution >= 0.6 is 0 Å². The van der Waals surface area contributed by atoms with Crippen molar-refractivity contribution >= 4 is 0 Å². The van der Waals surface area contributed by atoms with Crippen LogP contribution in [0.25, 0.3) is 0 Å². The van der Waals surface area contributed by atoms with E-state index in [0.717, 1.165) is 13.1 Å². The minimum atomic E-state index is 0.691. The third kappa shape index (κ3) is 5.87. The van der Waals surface area contributed by atoms with E-state index in [1.54, 1.807) is 0 Å². The van der Waals surface area contributed by atoms with Crippen LogP contribution in [-0.4, -0.2) is 22.4 Å². The number of rotatable bonds is 9. The number of nitrogens with zero attached hydrogens (tertiary/aromatic N) is 2. The first-order valence-corrected chi connectivity index (χ1v) is 6.98. The van der Waals surface area contributed by atoms with Crippen molar-refractivity contribution in [3.05, 3.63) is 18.0 Å². The molecule has 1 heterocycles. The molecular weight excluding hydrogens is 210 g/mol. The van der Waals surface area contributed by atoms with E-state index >= 15 is 0 Å². The van der Waals surface area contributed by atoms with Crippen molar-refractivity contribution in [1.29, 1.82) is 0 Å². The Morgan fingerprint density at radius 2 is 2.12 bits per heavy atom. The number of aromatic nitrogens is 2. The molecule has 0 bridgehead atoms. The number of hydrogen-bond acceptors (Lipinski definition) is 2. The Labute approximate surface area is 106 Å². The lowest BCUT2D eigenvalue weighted by Gasteiger charge is -2.17. The molecule has 0 aliphatic rings. The van der Waals surface area contributed by atoms with Gasteiger partial charge in [-0.2, -0.15) is 5.10 Å². The summed E-state index contributed by atoms with van der Waals surface area (Å²) in [6, 6.07) is 0.691. The molecule has 0 fully saturated rings. The number of unbranched alkanes of at least 4 members (excludes halogenated alkanes) is 1. The number of aryl methyl sites for hydroxylation is 1. The van der Waals surface area contributed by atoms with Gasteiger partial charge in [0.05, 0.1) is 12.7 Å². The van der Waals surface area contributed by atoms with Gasteiger partial charge in [-0.05, 0) is 25.3 Å². The highest BCUT2D eigenvalue weighted by Gasteiger charge is 2.05. The van der Waals surface area contributed by atoms with Gasteiger partial charge in [0, 0.05) is 18.8 Å². The van der Waals surface area contributed by atoms with Crippen molar-refractivity contribution in [3.63, 3.8) is 0 Å². The van der Waals surface area contributed by atoms with Gasteiger partial charge in [-0.3, -0.25) is 4.68 Å². The summed E-state index contributed by atoms with van der Waals surface area (Å²) in [4.78, 5) is 0. The number of hydrogen-bond donors (Lipinski definition) is 1. The third-order valence-electron chi connectivity index (χ3n) is 3.08. The summed E-state index contributed by atoms with van der Waals surface area (Å²) in [7, 11) is 0. The van der Waals surface area contributed by atoms with Crippen LogP contribution in [-0.2, 0) is 6.54 Å². The van der Waals surface area contributed by atoms with Crippen molar-refractivity contribution in [2.45, 2.75) is 65.5 Å². The summed E-state index contributed by atoms with van der Waals surface area (Å²) in [5.41, 5.74) is 1.24. The van der Waals surface area contributed by atoms with E-state index in [2.05, 4.69) is 37.4 Å². The smallest absolute Gasteiger partial charge is 0.0534 e. The van der Waals surface area contributed by atoms with Crippen LogP contribution in [0.2, 0.25) is 0 Å². The molecule has 1 aromatic rings. The maximum atomic E-state index is 4.30. The van der Waals surface area contributed by atoms with Crippen molar-refractivity contribution in [3.8, 4) is 0 Å². The van der Waals surface area contributed by atoms with E-state index in [9.17, 15) is 0 Å². The third-order valence-corrected chi connectivity index (χ3v) is 3.08. The molecule has 98 valence electrons. The molecule has 3 heteroatoms. The summed E-state index contributed by atoms with van der Waals surface area (Å²) >= 11 is 0. The maximum absolute atomic E-state index is 4.30. The molecule has 0 aliphatic heterocycles. The minimum absolute atomic E-state index is 0.691. The van der Waals surface area contributed by atoms with Gasteiger partial charge < -0.3 is 5.32 Å². The molecule has 0 aliphatic carbocycles. The van der Waals surface area contributed by atoms with Gasteiger partial charge in [-0.1, -0.05) is 33.1 Å². The molecule has 0 amide bonds. The second-order valence-corrected chi connectivity index (χ2v) is 4.86. The highest BCUT2D eigenvalue weighted by molar-refractivity contribution is 4.99. The van der Waals surface area contributed by atoms with Gasteiger partial charge in [-0.25, -0.2) is 0 Å². The topological polar surface area (TPSA) is 29.9 Å². The fraction of sp³-hybridized carbons (Fsp3) is 0.786. The van der Waals surface area contributed by atoms with Gasteiger partial charge in [0.25, 0.3) is 0 Å². The van der Waals surface area contributed by atoms with Crippen LogP contribution in [0.15, 0.2) is 12.4 Å². The van der Waals surface area contributed by atoms with Crippen molar-refractivity contribution < 1.29 is 0 Å². The molecule has 1 atom stereocenters. The Morgan fingerprint density at radius 3 is 2.71 bits per heavy atom. The van der Waals surface area contributed by atoms with Crippen molar-refractivity contribution in [2.75, 3.05) is 6.54 Å². The molecule has 1 aromatic heterocycles. The minimum Gasteiger partial charge on any atom is -0.312 e. The van der Waals surface area contributed by atoms with Gasteiger partial charge >= 0.3 is 0 Å². The molecule has 0 saturated carbocycles. The predicted molar refractivity (Wildman–Crippen MR) is 73.2 cm³/mol. The lowest BCUT2D eigenvalue weighted by atomic mass is 10.1. The molecular formula is C14H27N3. The monoisotopic (exact) mass is 237 g/mol. The summed E-state index contributed by atoms with van der Waals surface area (Å²) in [5.74, 6) is 0. The summed E-state index contributed by atoms with van der Waals surface area (Å²) in [6.07, 6.45) is 10.5. The maximum Gasteiger partial charge on any atom is 0.0534 e. The molecule has 1 N–H and O–H groups in total. The van der Waals surface area contributed by atoms with E-state index in [1.807, 2.05) is 10.9 Å². The Morgan fingerprint density at radius 1 is 1.29 bits per heavy atom. The normalized spacial score (nSPS) is 12.9. The Balaban J connectivity index is 2.21. The van der Waals surface area contributed by atoms with Gasteiger partial charge in [0.15, 0.2) is 0 Å². The quantitative estimate of drug-likeness (QED) is 0.715. The van der Waals surface area contributed by atoms with E-state index in [0.29, 0.717) is 6.04 Å². The fourth-order valence-corrected chi connectivity index (χ4v) is 2.12. The van der Waals surface area contributed by atoms with Crippen LogP contribution < -0.4 is 5.32 Å². The van der Waals surface area contributed by atoms with E-state index in [4.69, 9.17) is 0 Å². The second kappa shape index (κ2) is 8.29. The molecule has 3 nitrogen and oxygen atoms in total. The van der Waals surface area contributed by atoms with Crippen LogP contribution in [0, 0.1) is 6.92 Å². The Kier molecular flexibility index (Phi) is 6.94. The predicted octanol–water partition coefficient (Wildman–Crippen LogP) is 3.14. The van der Waals surface area contributed by atoms with Crippen LogP contribution in [0.3, 0.4) is 0 Å². The molecule has 0 radical (unpaired) electrons. The van der Waals surface area contributed by atoms with Gasteiger partial charge in [-0.15, -0.1) is 0 Å². The molecule has 0 spiro atoms. The van der Waals surface area contributed by atoms with E-state index in [-0.39, 0.29) is 0 Å². The molecule has 0 aromatic carbocycles. The first-order valence-electron chi connectivity index (χ1n) is 6.98. The van der Waals surface area contributed by atoms with Crippen molar-refractivity contribution in [1.82, 2.24) is 15.1 Å². The summed E-state index contributed by atoms with van der Waals surface area (Å²) in [5, 5.41) is 7.95. The average Bonchev–Trinajstić information content (AvgIpc) is 2.72. The summed E-state index contributed by atoms with van der Waals surface area (Å²) < 4.78 is 2.02. The highest BCUT2D eigenvalue weighted by atomic mass is 15.3. The zero-order valence-corrected chi connectivity index (χ0v) is 11.6. The summed E-state index contributed by atoms with van der Waals surface area (Å²) in [6.45, 7) is 8.60. The Bertz CT molecular complexity index is 293. The highest BCUT2D eigenvalue weighted by Crippen LogP contribution is 2.06. The molecule has 1 unspecified atom stereocenters. The second-order valence-electron chi connectivity index (χ2n) is 4.86. The Hall–Kier alpha value is -0.830. The SMILES string of the molecule is CCCCC(CCC)NCCn1cc(C)cn1. The lowest BCUT2D eigenvalue weighted by molar-refractivity contribution is 0.417.